The summed E-state index contributed by atoms with van der Waals surface area (Å²) in [6.45, 7) is 4.33. The first kappa shape index (κ1) is 9.81. The number of hydrogen-bond donors (Lipinski definition) is 1. The molecule has 2 rings (SSSR count). The van der Waals surface area contributed by atoms with Crippen LogP contribution < -0.4 is 5.32 Å². The van der Waals surface area contributed by atoms with Crippen LogP contribution in [-0.2, 0) is 6.42 Å². The van der Waals surface area contributed by atoms with E-state index in [9.17, 15) is 0 Å². The number of aryl methyl sites for hydroxylation is 1. The summed E-state index contributed by atoms with van der Waals surface area (Å²) < 4.78 is 5.40. The van der Waals surface area contributed by atoms with Crippen LogP contribution in [0.2, 0.25) is 0 Å². The van der Waals surface area contributed by atoms with Gasteiger partial charge in [0.15, 0.2) is 0 Å². The van der Waals surface area contributed by atoms with Crippen molar-refractivity contribution in [2.75, 3.05) is 6.54 Å². The molecular formula is C11H14ClNO. The molecule has 0 aliphatic heterocycles. The summed E-state index contributed by atoms with van der Waals surface area (Å²) in [4.78, 5) is 0. The van der Waals surface area contributed by atoms with Crippen molar-refractivity contribution in [1.29, 1.82) is 0 Å². The Hall–Kier alpha value is -0.730. The molecule has 1 N–H and O–H groups in total. The maximum absolute atomic E-state index is 5.72. The molecule has 1 unspecified atom stereocenters. The smallest absolute Gasteiger partial charge is 0.108 e. The monoisotopic (exact) mass is 211 g/mol. The first-order chi connectivity index (χ1) is 6.77. The van der Waals surface area contributed by atoms with E-state index in [-0.39, 0.29) is 0 Å². The van der Waals surface area contributed by atoms with Gasteiger partial charge in [-0.15, -0.1) is 0 Å². The van der Waals surface area contributed by atoms with E-state index in [1.54, 1.807) is 6.26 Å². The van der Waals surface area contributed by atoms with Gasteiger partial charge in [-0.2, -0.15) is 0 Å². The summed E-state index contributed by atoms with van der Waals surface area (Å²) in [5, 5.41) is 4.03. The first-order valence-corrected chi connectivity index (χ1v) is 5.28. The van der Waals surface area contributed by atoms with E-state index in [0.717, 1.165) is 18.6 Å². The maximum atomic E-state index is 5.72. The van der Waals surface area contributed by atoms with Crippen LogP contribution in [-0.4, -0.2) is 6.54 Å². The number of furan rings is 1. The lowest BCUT2D eigenvalue weighted by molar-refractivity contribution is 0.420. The fourth-order valence-corrected chi connectivity index (χ4v) is 2.01. The van der Waals surface area contributed by atoms with Crippen molar-refractivity contribution >= 4 is 11.6 Å². The Morgan fingerprint density at radius 1 is 1.71 bits per heavy atom. The van der Waals surface area contributed by atoms with E-state index in [2.05, 4.69) is 11.9 Å². The van der Waals surface area contributed by atoms with Crippen LogP contribution in [0.5, 0.6) is 0 Å². The highest BCUT2D eigenvalue weighted by molar-refractivity contribution is 6.29. The lowest BCUT2D eigenvalue weighted by atomic mass is 9.93. The molecule has 0 saturated heterocycles. The fourth-order valence-electron chi connectivity index (χ4n) is 1.93. The Morgan fingerprint density at radius 2 is 2.57 bits per heavy atom. The third-order valence-corrected chi connectivity index (χ3v) is 2.73. The van der Waals surface area contributed by atoms with Gasteiger partial charge in [-0.3, -0.25) is 0 Å². The maximum Gasteiger partial charge on any atom is 0.108 e. The van der Waals surface area contributed by atoms with E-state index < -0.39 is 0 Å². The minimum atomic E-state index is 0.382. The van der Waals surface area contributed by atoms with E-state index >= 15 is 0 Å². The average Bonchev–Trinajstić information content (AvgIpc) is 2.62. The van der Waals surface area contributed by atoms with E-state index in [1.807, 2.05) is 6.07 Å². The van der Waals surface area contributed by atoms with Gasteiger partial charge in [0.2, 0.25) is 0 Å². The number of rotatable bonds is 3. The van der Waals surface area contributed by atoms with Crippen LogP contribution in [0.3, 0.4) is 0 Å². The molecule has 1 aliphatic rings. The predicted octanol–water partition coefficient (Wildman–Crippen LogP) is 3.00. The van der Waals surface area contributed by atoms with Crippen LogP contribution in [0, 0.1) is 0 Å². The summed E-state index contributed by atoms with van der Waals surface area (Å²) >= 11 is 5.72. The molecule has 1 aromatic rings. The summed E-state index contributed by atoms with van der Waals surface area (Å²) in [7, 11) is 0. The molecule has 14 heavy (non-hydrogen) atoms. The van der Waals surface area contributed by atoms with Gasteiger partial charge in [0, 0.05) is 29.6 Å². The van der Waals surface area contributed by atoms with E-state index in [4.69, 9.17) is 16.0 Å². The minimum Gasteiger partial charge on any atom is -0.469 e. The molecule has 0 bridgehead atoms. The zero-order valence-electron chi connectivity index (χ0n) is 8.05. The number of nitrogens with one attached hydrogen (secondary N) is 1. The lowest BCUT2D eigenvalue weighted by Gasteiger charge is -2.22. The van der Waals surface area contributed by atoms with Gasteiger partial charge < -0.3 is 9.73 Å². The van der Waals surface area contributed by atoms with Crippen molar-refractivity contribution in [1.82, 2.24) is 5.32 Å². The molecule has 0 fully saturated rings. The quantitative estimate of drug-likeness (QED) is 0.832. The Balaban J connectivity index is 2.05. The highest BCUT2D eigenvalue weighted by Gasteiger charge is 2.21. The number of hydrogen-bond acceptors (Lipinski definition) is 2. The fraction of sp³-hybridized carbons (Fsp3) is 0.455. The lowest BCUT2D eigenvalue weighted by Crippen LogP contribution is -2.25. The molecular weight excluding hydrogens is 198 g/mol. The van der Waals surface area contributed by atoms with Crippen molar-refractivity contribution in [2.45, 2.75) is 25.3 Å². The normalized spacial score (nSPS) is 20.5. The third-order valence-electron chi connectivity index (χ3n) is 2.59. The molecule has 76 valence electrons. The summed E-state index contributed by atoms with van der Waals surface area (Å²) in [6, 6.07) is 2.43. The Bertz CT molecular complexity index is 332. The van der Waals surface area contributed by atoms with E-state index in [0.29, 0.717) is 17.6 Å². The molecule has 0 aromatic carbocycles. The highest BCUT2D eigenvalue weighted by atomic mass is 35.5. The summed E-state index contributed by atoms with van der Waals surface area (Å²) in [5.74, 6) is 1.12. The SMILES string of the molecule is C=C(Cl)CNC1CCCc2occc21. The predicted molar refractivity (Wildman–Crippen MR) is 57.4 cm³/mol. The second kappa shape index (κ2) is 4.20. The zero-order valence-corrected chi connectivity index (χ0v) is 8.81. The molecule has 0 radical (unpaired) electrons. The van der Waals surface area contributed by atoms with Crippen LogP contribution in [0.25, 0.3) is 0 Å². The van der Waals surface area contributed by atoms with Crippen molar-refractivity contribution in [3.63, 3.8) is 0 Å². The van der Waals surface area contributed by atoms with Gasteiger partial charge in [0.05, 0.1) is 6.26 Å². The van der Waals surface area contributed by atoms with Crippen LogP contribution in [0.4, 0.5) is 0 Å². The molecule has 0 amide bonds. The molecule has 2 nitrogen and oxygen atoms in total. The number of halogens is 1. The Kier molecular flexibility index (Phi) is 2.94. The van der Waals surface area contributed by atoms with Gasteiger partial charge in [-0.25, -0.2) is 0 Å². The van der Waals surface area contributed by atoms with Crippen molar-refractivity contribution in [2.24, 2.45) is 0 Å². The first-order valence-electron chi connectivity index (χ1n) is 4.90. The summed E-state index contributed by atoms with van der Waals surface area (Å²) in [5.41, 5.74) is 1.29. The van der Waals surface area contributed by atoms with Crippen molar-refractivity contribution in [3.05, 3.63) is 35.3 Å². The van der Waals surface area contributed by atoms with Crippen LogP contribution in [0.1, 0.15) is 30.2 Å². The third kappa shape index (κ3) is 2.02. The Labute approximate surface area is 88.9 Å². The van der Waals surface area contributed by atoms with Crippen molar-refractivity contribution < 1.29 is 4.42 Å². The second-order valence-electron chi connectivity index (χ2n) is 3.64. The molecule has 0 saturated carbocycles. The van der Waals surface area contributed by atoms with Gasteiger partial charge in [-0.05, 0) is 18.9 Å². The molecule has 3 heteroatoms. The van der Waals surface area contributed by atoms with Gasteiger partial charge in [0.1, 0.15) is 5.76 Å². The average molecular weight is 212 g/mol. The molecule has 1 aliphatic carbocycles. The largest absolute Gasteiger partial charge is 0.469 e. The van der Waals surface area contributed by atoms with Gasteiger partial charge in [-0.1, -0.05) is 18.2 Å². The second-order valence-corrected chi connectivity index (χ2v) is 4.18. The zero-order chi connectivity index (χ0) is 9.97. The highest BCUT2D eigenvalue weighted by Crippen LogP contribution is 2.30. The van der Waals surface area contributed by atoms with E-state index in [1.165, 1.54) is 12.0 Å². The minimum absolute atomic E-state index is 0.382. The van der Waals surface area contributed by atoms with Crippen LogP contribution >= 0.6 is 11.6 Å². The molecule has 1 heterocycles. The number of fused-ring (bicyclic) bond motifs is 1. The topological polar surface area (TPSA) is 25.2 Å². The Morgan fingerprint density at radius 3 is 3.36 bits per heavy atom. The van der Waals surface area contributed by atoms with Gasteiger partial charge >= 0.3 is 0 Å². The summed E-state index contributed by atoms with van der Waals surface area (Å²) in [6.07, 6.45) is 5.15. The molecule has 1 atom stereocenters. The van der Waals surface area contributed by atoms with Crippen molar-refractivity contribution in [3.8, 4) is 0 Å². The standard InChI is InChI=1S/C11H14ClNO/c1-8(12)7-13-10-3-2-4-11-9(10)5-6-14-11/h5-6,10,13H,1-4,7H2. The molecule has 1 aromatic heterocycles. The van der Waals surface area contributed by atoms with Crippen LogP contribution in [0.15, 0.2) is 28.4 Å². The molecule has 0 spiro atoms. The van der Waals surface area contributed by atoms with Gasteiger partial charge in [0.25, 0.3) is 0 Å².